The molecule has 1 saturated heterocycles. The van der Waals surface area contributed by atoms with Crippen molar-refractivity contribution in [1.29, 1.82) is 0 Å². The van der Waals surface area contributed by atoms with E-state index < -0.39 is 5.54 Å². The van der Waals surface area contributed by atoms with Gasteiger partial charge in [0.15, 0.2) is 0 Å². The van der Waals surface area contributed by atoms with Crippen LogP contribution in [0.15, 0.2) is 0 Å². The van der Waals surface area contributed by atoms with E-state index in [0.29, 0.717) is 6.04 Å². The number of rotatable bonds is 6. The third-order valence-corrected chi connectivity index (χ3v) is 4.43. The van der Waals surface area contributed by atoms with Gasteiger partial charge in [0.2, 0.25) is 0 Å². The molecule has 1 fully saturated rings. The van der Waals surface area contributed by atoms with Crippen molar-refractivity contribution >= 4 is 5.97 Å². The summed E-state index contributed by atoms with van der Waals surface area (Å²) in [4.78, 5) is 14.6. The molecular weight excluding hydrogens is 252 g/mol. The lowest BCUT2D eigenvalue weighted by atomic mass is 9.87. The minimum Gasteiger partial charge on any atom is -0.468 e. The van der Waals surface area contributed by atoms with Gasteiger partial charge in [-0.15, -0.1) is 0 Å². The maximum Gasteiger partial charge on any atom is 0.325 e. The fraction of sp³-hybridized carbons (Fsp3) is 0.938. The van der Waals surface area contributed by atoms with Crippen molar-refractivity contribution in [3.8, 4) is 0 Å². The summed E-state index contributed by atoms with van der Waals surface area (Å²) in [5.41, 5.74) is -0.590. The number of nitrogens with zero attached hydrogens (tertiary/aromatic N) is 1. The molecule has 4 atom stereocenters. The number of likely N-dealkylation sites (tertiary alicyclic amines) is 1. The third-order valence-electron chi connectivity index (χ3n) is 4.43. The molecular formula is C16H32N2O2. The van der Waals surface area contributed by atoms with Crippen LogP contribution in [0.2, 0.25) is 0 Å². The zero-order valence-corrected chi connectivity index (χ0v) is 14.0. The molecule has 118 valence electrons. The predicted molar refractivity (Wildman–Crippen MR) is 82.7 cm³/mol. The highest BCUT2D eigenvalue weighted by atomic mass is 16.5. The highest BCUT2D eigenvalue weighted by Gasteiger charge is 2.37. The van der Waals surface area contributed by atoms with E-state index in [2.05, 4.69) is 31.0 Å². The van der Waals surface area contributed by atoms with Gasteiger partial charge < -0.3 is 15.0 Å². The monoisotopic (exact) mass is 284 g/mol. The number of ether oxygens (including phenoxy) is 1. The second-order valence-corrected chi connectivity index (χ2v) is 6.81. The molecule has 0 aromatic rings. The molecule has 4 unspecified atom stereocenters. The van der Waals surface area contributed by atoms with Crippen LogP contribution >= 0.6 is 0 Å². The molecule has 1 rings (SSSR count). The van der Waals surface area contributed by atoms with E-state index in [9.17, 15) is 4.79 Å². The van der Waals surface area contributed by atoms with Gasteiger partial charge in [0.25, 0.3) is 0 Å². The van der Waals surface area contributed by atoms with Gasteiger partial charge in [-0.05, 0) is 45.1 Å². The van der Waals surface area contributed by atoms with Crippen molar-refractivity contribution in [3.05, 3.63) is 0 Å². The minimum absolute atomic E-state index is 0.163. The fourth-order valence-corrected chi connectivity index (χ4v) is 3.63. The number of hydrogen-bond acceptors (Lipinski definition) is 4. The molecule has 4 heteroatoms. The summed E-state index contributed by atoms with van der Waals surface area (Å²) in [5.74, 6) is 1.32. The average Bonchev–Trinajstić information content (AvgIpc) is 2.36. The molecule has 20 heavy (non-hydrogen) atoms. The van der Waals surface area contributed by atoms with Crippen LogP contribution in [-0.4, -0.2) is 49.2 Å². The van der Waals surface area contributed by atoms with Gasteiger partial charge in [0.05, 0.1) is 7.11 Å². The quantitative estimate of drug-likeness (QED) is 0.760. The Bertz CT molecular complexity index is 312. The Kier molecular flexibility index (Phi) is 6.46. The van der Waals surface area contributed by atoms with Gasteiger partial charge in [-0.25, -0.2) is 0 Å². The molecule has 0 bridgehead atoms. The second-order valence-electron chi connectivity index (χ2n) is 6.81. The van der Waals surface area contributed by atoms with Crippen LogP contribution in [0.25, 0.3) is 0 Å². The molecule has 1 N–H and O–H groups in total. The first kappa shape index (κ1) is 17.4. The lowest BCUT2D eigenvalue weighted by Crippen LogP contribution is -2.55. The smallest absolute Gasteiger partial charge is 0.325 e. The third kappa shape index (κ3) is 4.45. The number of likely N-dealkylation sites (N-methyl/N-ethyl adjacent to an activating group) is 1. The van der Waals surface area contributed by atoms with E-state index in [1.54, 1.807) is 0 Å². The highest BCUT2D eigenvalue weighted by molar-refractivity contribution is 5.80. The Balaban J connectivity index is 2.70. The van der Waals surface area contributed by atoms with Crippen LogP contribution in [0.5, 0.6) is 0 Å². The number of nitrogens with one attached hydrogen (secondary N) is 1. The topological polar surface area (TPSA) is 41.6 Å². The first-order chi connectivity index (χ1) is 9.32. The number of methoxy groups -OCH3 is 1. The van der Waals surface area contributed by atoms with Gasteiger partial charge >= 0.3 is 5.97 Å². The second kappa shape index (κ2) is 7.41. The normalized spacial score (nSPS) is 28.7. The van der Waals surface area contributed by atoms with E-state index in [-0.39, 0.29) is 5.97 Å². The molecule has 0 spiro atoms. The minimum atomic E-state index is -0.590. The van der Waals surface area contributed by atoms with Crippen molar-refractivity contribution < 1.29 is 9.53 Å². The Labute approximate surface area is 124 Å². The SMILES string of the molecule is CCNC(C)(CC(C)N1CC(C)CC(C)C1)C(=O)OC. The Morgan fingerprint density at radius 3 is 2.40 bits per heavy atom. The van der Waals surface area contributed by atoms with Gasteiger partial charge in [-0.1, -0.05) is 20.8 Å². The Hall–Kier alpha value is -0.610. The summed E-state index contributed by atoms with van der Waals surface area (Å²) < 4.78 is 4.98. The van der Waals surface area contributed by atoms with E-state index in [0.717, 1.165) is 37.9 Å². The van der Waals surface area contributed by atoms with Crippen molar-refractivity contribution in [3.63, 3.8) is 0 Å². The summed E-state index contributed by atoms with van der Waals surface area (Å²) in [5, 5.41) is 3.30. The molecule has 0 radical (unpaired) electrons. The summed E-state index contributed by atoms with van der Waals surface area (Å²) in [6, 6.07) is 0.378. The lowest BCUT2D eigenvalue weighted by molar-refractivity contribution is -0.148. The maximum absolute atomic E-state index is 12.1. The fourth-order valence-electron chi connectivity index (χ4n) is 3.63. The molecule has 0 saturated carbocycles. The van der Waals surface area contributed by atoms with E-state index >= 15 is 0 Å². The van der Waals surface area contributed by atoms with Crippen LogP contribution in [-0.2, 0) is 9.53 Å². The van der Waals surface area contributed by atoms with E-state index in [4.69, 9.17) is 4.74 Å². The van der Waals surface area contributed by atoms with Gasteiger partial charge in [0.1, 0.15) is 5.54 Å². The summed E-state index contributed by atoms with van der Waals surface area (Å²) in [7, 11) is 1.47. The first-order valence-electron chi connectivity index (χ1n) is 7.89. The lowest BCUT2D eigenvalue weighted by Gasteiger charge is -2.41. The van der Waals surface area contributed by atoms with Crippen molar-refractivity contribution in [2.45, 2.75) is 59.0 Å². The molecule has 1 aliphatic heterocycles. The number of piperidine rings is 1. The molecule has 4 nitrogen and oxygen atoms in total. The zero-order chi connectivity index (χ0) is 15.3. The number of esters is 1. The standard InChI is InChI=1S/C16H32N2O2/c1-7-17-16(5,15(19)20-6)9-14(4)18-10-12(2)8-13(3)11-18/h12-14,17H,7-11H2,1-6H3. The van der Waals surface area contributed by atoms with Crippen molar-refractivity contribution in [1.82, 2.24) is 10.2 Å². The Morgan fingerprint density at radius 1 is 1.40 bits per heavy atom. The van der Waals surface area contributed by atoms with Crippen molar-refractivity contribution in [2.24, 2.45) is 11.8 Å². The molecule has 1 heterocycles. The maximum atomic E-state index is 12.1. The van der Waals surface area contributed by atoms with Crippen molar-refractivity contribution in [2.75, 3.05) is 26.7 Å². The van der Waals surface area contributed by atoms with Gasteiger partial charge in [-0.3, -0.25) is 4.79 Å². The Morgan fingerprint density at radius 2 is 1.95 bits per heavy atom. The van der Waals surface area contributed by atoms with Crippen LogP contribution < -0.4 is 5.32 Å². The van der Waals surface area contributed by atoms with E-state index in [1.165, 1.54) is 13.5 Å². The highest BCUT2D eigenvalue weighted by Crippen LogP contribution is 2.26. The summed E-state index contributed by atoms with van der Waals surface area (Å²) >= 11 is 0. The first-order valence-corrected chi connectivity index (χ1v) is 7.89. The zero-order valence-electron chi connectivity index (χ0n) is 14.0. The van der Waals surface area contributed by atoms with E-state index in [1.807, 2.05) is 13.8 Å². The number of hydrogen-bond donors (Lipinski definition) is 1. The molecule has 0 aromatic carbocycles. The average molecular weight is 284 g/mol. The summed E-state index contributed by atoms with van der Waals surface area (Å²) in [6.45, 7) is 13.9. The largest absolute Gasteiger partial charge is 0.468 e. The van der Waals surface area contributed by atoms with Crippen LogP contribution in [0, 0.1) is 11.8 Å². The van der Waals surface area contributed by atoms with Gasteiger partial charge in [-0.2, -0.15) is 0 Å². The van der Waals surface area contributed by atoms with Crippen LogP contribution in [0.3, 0.4) is 0 Å². The molecule has 0 amide bonds. The molecule has 0 aromatic heterocycles. The number of carbonyl (C=O) groups is 1. The number of carbonyl (C=O) groups excluding carboxylic acids is 1. The van der Waals surface area contributed by atoms with Gasteiger partial charge in [0, 0.05) is 19.1 Å². The summed E-state index contributed by atoms with van der Waals surface area (Å²) in [6.07, 6.45) is 2.09. The van der Waals surface area contributed by atoms with Crippen LogP contribution in [0.4, 0.5) is 0 Å². The molecule has 1 aliphatic rings. The predicted octanol–water partition coefficient (Wildman–Crippen LogP) is 2.28. The van der Waals surface area contributed by atoms with Crippen LogP contribution in [0.1, 0.15) is 47.5 Å². The molecule has 0 aliphatic carbocycles.